The van der Waals surface area contributed by atoms with Crippen LogP contribution in [0, 0.1) is 0 Å². The summed E-state index contributed by atoms with van der Waals surface area (Å²) in [6.07, 6.45) is -0.323. The molecule has 17 heavy (non-hydrogen) atoms. The van der Waals surface area contributed by atoms with Gasteiger partial charge in [-0.05, 0) is 24.1 Å². The lowest BCUT2D eigenvalue weighted by molar-refractivity contribution is 0.1000. The predicted molar refractivity (Wildman–Crippen MR) is 62.2 cm³/mol. The van der Waals surface area contributed by atoms with E-state index in [0.717, 1.165) is 5.56 Å². The molecule has 0 saturated heterocycles. The highest BCUT2D eigenvalue weighted by atomic mass is 16.5. The van der Waals surface area contributed by atoms with Crippen LogP contribution in [-0.4, -0.2) is 24.6 Å². The third kappa shape index (κ3) is 4.52. The summed E-state index contributed by atoms with van der Waals surface area (Å²) in [5.74, 6) is -0.474. The number of hydrogen-bond donors (Lipinski definition) is 3. The molecule has 1 aromatic rings. The standard InChI is InChI=1S/C11H15N3O3/c12-9(6-17-11(14)16)5-7-1-3-8(4-2-7)10(13)15/h1-4,9H,5-6,12H2,(H2,13,15)(H2,14,16)/t9-/m0/s1. The van der Waals surface area contributed by atoms with Gasteiger partial charge in [-0.1, -0.05) is 12.1 Å². The molecule has 0 aliphatic rings. The van der Waals surface area contributed by atoms with Crippen molar-refractivity contribution in [2.45, 2.75) is 12.5 Å². The van der Waals surface area contributed by atoms with Crippen LogP contribution in [0.25, 0.3) is 0 Å². The lowest BCUT2D eigenvalue weighted by Gasteiger charge is -2.11. The fourth-order valence-corrected chi connectivity index (χ4v) is 1.36. The highest BCUT2D eigenvalue weighted by Gasteiger charge is 2.07. The number of primary amides is 2. The Kier molecular flexibility index (Phi) is 4.47. The second-order valence-corrected chi connectivity index (χ2v) is 3.66. The SMILES string of the molecule is NC(=O)OC[C@@H](N)Cc1ccc(C(N)=O)cc1. The highest BCUT2D eigenvalue weighted by Crippen LogP contribution is 2.06. The number of benzene rings is 1. The Morgan fingerprint density at radius 2 is 1.76 bits per heavy atom. The van der Waals surface area contributed by atoms with Crippen LogP contribution in [0.1, 0.15) is 15.9 Å². The van der Waals surface area contributed by atoms with Crippen molar-refractivity contribution in [2.24, 2.45) is 17.2 Å². The van der Waals surface area contributed by atoms with E-state index in [0.29, 0.717) is 12.0 Å². The fourth-order valence-electron chi connectivity index (χ4n) is 1.36. The van der Waals surface area contributed by atoms with Gasteiger partial charge in [0.1, 0.15) is 6.61 Å². The molecule has 0 aliphatic heterocycles. The minimum absolute atomic E-state index is 0.0624. The molecule has 2 amide bonds. The molecule has 0 radical (unpaired) electrons. The first kappa shape index (κ1) is 13.0. The molecule has 0 aromatic heterocycles. The van der Waals surface area contributed by atoms with E-state index in [-0.39, 0.29) is 12.6 Å². The molecular weight excluding hydrogens is 222 g/mol. The monoisotopic (exact) mass is 237 g/mol. The van der Waals surface area contributed by atoms with Crippen LogP contribution in [0.5, 0.6) is 0 Å². The van der Waals surface area contributed by atoms with Gasteiger partial charge >= 0.3 is 6.09 Å². The molecule has 1 rings (SSSR count). The molecule has 6 heteroatoms. The summed E-state index contributed by atoms with van der Waals surface area (Å²) < 4.78 is 4.58. The smallest absolute Gasteiger partial charge is 0.404 e. The van der Waals surface area contributed by atoms with Crippen LogP contribution in [0.4, 0.5) is 4.79 Å². The van der Waals surface area contributed by atoms with E-state index in [1.54, 1.807) is 24.3 Å². The maximum absolute atomic E-state index is 10.8. The van der Waals surface area contributed by atoms with Gasteiger partial charge in [-0.3, -0.25) is 4.79 Å². The van der Waals surface area contributed by atoms with Gasteiger partial charge in [0.2, 0.25) is 5.91 Å². The van der Waals surface area contributed by atoms with Gasteiger partial charge in [0, 0.05) is 11.6 Å². The summed E-state index contributed by atoms with van der Waals surface area (Å²) in [6.45, 7) is 0.0624. The zero-order valence-corrected chi connectivity index (χ0v) is 9.26. The Hall–Kier alpha value is -2.08. The predicted octanol–water partition coefficient (Wildman–Crippen LogP) is -0.249. The third-order valence-electron chi connectivity index (χ3n) is 2.18. The molecule has 92 valence electrons. The Bertz CT molecular complexity index is 403. The number of hydrogen-bond acceptors (Lipinski definition) is 4. The van der Waals surface area contributed by atoms with Crippen LogP contribution >= 0.6 is 0 Å². The molecule has 0 bridgehead atoms. The number of nitrogens with two attached hydrogens (primary N) is 3. The first-order chi connectivity index (χ1) is 7.99. The first-order valence-electron chi connectivity index (χ1n) is 5.05. The average Bonchev–Trinajstić information content (AvgIpc) is 2.27. The normalized spacial score (nSPS) is 11.8. The maximum atomic E-state index is 10.8. The molecule has 6 N–H and O–H groups in total. The van der Waals surface area contributed by atoms with Crippen molar-refractivity contribution in [1.29, 1.82) is 0 Å². The summed E-state index contributed by atoms with van der Waals surface area (Å²) in [4.78, 5) is 21.2. The molecule has 6 nitrogen and oxygen atoms in total. The Morgan fingerprint density at radius 1 is 1.18 bits per heavy atom. The molecule has 0 saturated carbocycles. The summed E-state index contributed by atoms with van der Waals surface area (Å²) in [6, 6.07) is 6.43. The maximum Gasteiger partial charge on any atom is 0.404 e. The van der Waals surface area contributed by atoms with E-state index in [4.69, 9.17) is 17.2 Å². The van der Waals surface area contributed by atoms with E-state index >= 15 is 0 Å². The third-order valence-corrected chi connectivity index (χ3v) is 2.18. The minimum atomic E-state index is -0.843. The van der Waals surface area contributed by atoms with Gasteiger partial charge < -0.3 is 21.9 Å². The van der Waals surface area contributed by atoms with E-state index in [1.807, 2.05) is 0 Å². The second-order valence-electron chi connectivity index (χ2n) is 3.66. The molecule has 0 heterocycles. The summed E-state index contributed by atoms with van der Waals surface area (Å²) in [5, 5.41) is 0. The van der Waals surface area contributed by atoms with Gasteiger partial charge in [-0.25, -0.2) is 4.79 Å². The van der Waals surface area contributed by atoms with Gasteiger partial charge in [0.25, 0.3) is 0 Å². The average molecular weight is 237 g/mol. The summed E-state index contributed by atoms with van der Waals surface area (Å²) >= 11 is 0. The molecule has 0 unspecified atom stereocenters. The van der Waals surface area contributed by atoms with Crippen molar-refractivity contribution in [1.82, 2.24) is 0 Å². The number of ether oxygens (including phenoxy) is 1. The molecule has 0 spiro atoms. The van der Waals surface area contributed by atoms with E-state index in [1.165, 1.54) is 0 Å². The lowest BCUT2D eigenvalue weighted by atomic mass is 10.1. The molecule has 0 fully saturated rings. The van der Waals surface area contributed by atoms with Crippen LogP contribution < -0.4 is 17.2 Å². The van der Waals surface area contributed by atoms with Crippen LogP contribution in [0.2, 0.25) is 0 Å². The number of rotatable bonds is 5. The lowest BCUT2D eigenvalue weighted by Crippen LogP contribution is -2.31. The Morgan fingerprint density at radius 3 is 2.24 bits per heavy atom. The first-order valence-corrected chi connectivity index (χ1v) is 5.05. The van der Waals surface area contributed by atoms with Crippen molar-refractivity contribution >= 4 is 12.0 Å². The zero-order chi connectivity index (χ0) is 12.8. The fraction of sp³-hybridized carbons (Fsp3) is 0.273. The summed E-state index contributed by atoms with van der Waals surface area (Å²) in [5.41, 5.74) is 17.0. The van der Waals surface area contributed by atoms with Crippen LogP contribution in [0.15, 0.2) is 24.3 Å². The van der Waals surface area contributed by atoms with Crippen molar-refractivity contribution in [3.8, 4) is 0 Å². The van der Waals surface area contributed by atoms with Gasteiger partial charge in [-0.2, -0.15) is 0 Å². The number of amides is 2. The number of carbonyl (C=O) groups is 2. The van der Waals surface area contributed by atoms with Gasteiger partial charge in [0.15, 0.2) is 0 Å². The van der Waals surface area contributed by atoms with Crippen LogP contribution in [-0.2, 0) is 11.2 Å². The summed E-state index contributed by atoms with van der Waals surface area (Å²) in [7, 11) is 0. The van der Waals surface area contributed by atoms with E-state index in [2.05, 4.69) is 4.74 Å². The number of carbonyl (C=O) groups excluding carboxylic acids is 2. The van der Waals surface area contributed by atoms with Crippen molar-refractivity contribution in [2.75, 3.05) is 6.61 Å². The van der Waals surface area contributed by atoms with Crippen molar-refractivity contribution in [3.05, 3.63) is 35.4 Å². The Balaban J connectivity index is 2.51. The second kappa shape index (κ2) is 5.86. The molecule has 1 aromatic carbocycles. The van der Waals surface area contributed by atoms with Gasteiger partial charge in [-0.15, -0.1) is 0 Å². The molecular formula is C11H15N3O3. The van der Waals surface area contributed by atoms with Gasteiger partial charge in [0.05, 0.1) is 0 Å². The quantitative estimate of drug-likeness (QED) is 0.653. The van der Waals surface area contributed by atoms with Crippen molar-refractivity contribution in [3.63, 3.8) is 0 Å². The molecule has 1 atom stereocenters. The minimum Gasteiger partial charge on any atom is -0.448 e. The van der Waals surface area contributed by atoms with E-state index < -0.39 is 12.0 Å². The largest absolute Gasteiger partial charge is 0.448 e. The van der Waals surface area contributed by atoms with E-state index in [9.17, 15) is 9.59 Å². The Labute approximate surface area is 98.7 Å². The van der Waals surface area contributed by atoms with Crippen molar-refractivity contribution < 1.29 is 14.3 Å². The molecule has 0 aliphatic carbocycles. The topological polar surface area (TPSA) is 121 Å². The van der Waals surface area contributed by atoms with Crippen LogP contribution in [0.3, 0.4) is 0 Å². The zero-order valence-electron chi connectivity index (χ0n) is 9.26. The highest BCUT2D eigenvalue weighted by molar-refractivity contribution is 5.92.